The van der Waals surface area contributed by atoms with E-state index in [4.69, 9.17) is 4.43 Å². The Morgan fingerprint density at radius 1 is 1.32 bits per heavy atom. The molecule has 0 aromatic rings. The van der Waals surface area contributed by atoms with Gasteiger partial charge in [-0.25, -0.2) is 0 Å². The fourth-order valence-electron chi connectivity index (χ4n) is 2.98. The molecule has 0 bridgehead atoms. The van der Waals surface area contributed by atoms with Gasteiger partial charge in [0.05, 0.1) is 5.76 Å². The summed E-state index contributed by atoms with van der Waals surface area (Å²) in [4.78, 5) is 0. The lowest BCUT2D eigenvalue weighted by molar-refractivity contribution is 0.270. The van der Waals surface area contributed by atoms with Gasteiger partial charge < -0.3 is 4.43 Å². The van der Waals surface area contributed by atoms with Gasteiger partial charge in [0.15, 0.2) is 0 Å². The quantitative estimate of drug-likeness (QED) is 0.295. The van der Waals surface area contributed by atoms with Crippen molar-refractivity contribution in [3.05, 3.63) is 36.6 Å². The molecule has 1 rings (SSSR count). The Kier molecular flexibility index (Phi) is 5.29. The van der Waals surface area contributed by atoms with E-state index >= 15 is 0 Å². The van der Waals surface area contributed by atoms with Crippen molar-refractivity contribution < 1.29 is 4.43 Å². The standard InChI is InChI=1S/C20H36OSi/c1-11-19(6,7)15-20(8)13-12-17(14-20)16(2)21-22(9,10)18(3,4)5/h11,14H,1-2,12-13,15H2,3-10H3/t20-/m1/s1. The van der Waals surface area contributed by atoms with E-state index in [-0.39, 0.29) is 15.9 Å². The molecule has 0 N–H and O–H groups in total. The van der Waals surface area contributed by atoms with Crippen molar-refractivity contribution >= 4 is 8.32 Å². The van der Waals surface area contributed by atoms with E-state index < -0.39 is 8.32 Å². The molecule has 0 aromatic heterocycles. The van der Waals surface area contributed by atoms with Crippen LogP contribution >= 0.6 is 0 Å². The third-order valence-corrected chi connectivity index (χ3v) is 9.81. The summed E-state index contributed by atoms with van der Waals surface area (Å²) in [7, 11) is -1.79. The van der Waals surface area contributed by atoms with Crippen LogP contribution < -0.4 is 0 Å². The summed E-state index contributed by atoms with van der Waals surface area (Å²) in [6.45, 7) is 26.5. The Balaban J connectivity index is 2.85. The molecule has 1 atom stereocenters. The van der Waals surface area contributed by atoms with Gasteiger partial charge in [-0.2, -0.15) is 0 Å². The van der Waals surface area contributed by atoms with Crippen molar-refractivity contribution in [1.29, 1.82) is 0 Å². The lowest BCUT2D eigenvalue weighted by Crippen LogP contribution is -2.40. The molecule has 0 radical (unpaired) electrons. The minimum absolute atomic E-state index is 0.169. The average Bonchev–Trinajstić information content (AvgIpc) is 2.68. The third kappa shape index (κ3) is 4.61. The van der Waals surface area contributed by atoms with Gasteiger partial charge >= 0.3 is 0 Å². The van der Waals surface area contributed by atoms with Gasteiger partial charge in [-0.05, 0) is 53.8 Å². The molecule has 0 saturated heterocycles. The predicted molar refractivity (Wildman–Crippen MR) is 101 cm³/mol. The molecular weight excluding hydrogens is 284 g/mol. The van der Waals surface area contributed by atoms with Crippen LogP contribution in [0.2, 0.25) is 18.1 Å². The molecule has 0 aliphatic heterocycles. The number of hydrogen-bond acceptors (Lipinski definition) is 1. The van der Waals surface area contributed by atoms with Gasteiger partial charge in [-0.3, -0.25) is 0 Å². The summed E-state index contributed by atoms with van der Waals surface area (Å²) in [5.74, 6) is 0.909. The zero-order valence-electron chi connectivity index (χ0n) is 16.1. The van der Waals surface area contributed by atoms with Crippen LogP contribution in [0.25, 0.3) is 0 Å². The molecule has 0 saturated carbocycles. The van der Waals surface area contributed by atoms with E-state index in [0.717, 1.165) is 18.6 Å². The van der Waals surface area contributed by atoms with Crippen LogP contribution in [-0.2, 0) is 4.43 Å². The normalized spacial score (nSPS) is 23.2. The van der Waals surface area contributed by atoms with Crippen molar-refractivity contribution in [2.75, 3.05) is 0 Å². The maximum atomic E-state index is 6.39. The van der Waals surface area contributed by atoms with Crippen molar-refractivity contribution in [2.45, 2.75) is 78.9 Å². The fourth-order valence-corrected chi connectivity index (χ4v) is 4.04. The molecule has 0 spiro atoms. The predicted octanol–water partition coefficient (Wildman–Crippen LogP) is 6.85. The fraction of sp³-hybridized carbons (Fsp3) is 0.700. The molecular formula is C20H36OSi. The first-order chi connectivity index (χ1) is 9.71. The van der Waals surface area contributed by atoms with E-state index in [1.54, 1.807) is 0 Å². The van der Waals surface area contributed by atoms with E-state index in [1.165, 1.54) is 12.0 Å². The summed E-state index contributed by atoms with van der Waals surface area (Å²) in [6.07, 6.45) is 7.87. The third-order valence-electron chi connectivity index (χ3n) is 5.44. The highest BCUT2D eigenvalue weighted by Gasteiger charge is 2.40. The molecule has 0 aromatic carbocycles. The van der Waals surface area contributed by atoms with Crippen molar-refractivity contribution in [3.63, 3.8) is 0 Å². The second-order valence-corrected chi connectivity index (χ2v) is 14.2. The monoisotopic (exact) mass is 320 g/mol. The summed E-state index contributed by atoms with van der Waals surface area (Å²) >= 11 is 0. The zero-order valence-corrected chi connectivity index (χ0v) is 17.1. The van der Waals surface area contributed by atoms with E-state index in [9.17, 15) is 0 Å². The van der Waals surface area contributed by atoms with Crippen molar-refractivity contribution in [2.24, 2.45) is 10.8 Å². The SMILES string of the molecule is C=CC(C)(C)C[C@@]1(C)C=C(C(=C)O[Si](C)(C)C(C)(C)C)CC1. The molecule has 22 heavy (non-hydrogen) atoms. The maximum absolute atomic E-state index is 6.39. The first-order valence-electron chi connectivity index (χ1n) is 8.45. The van der Waals surface area contributed by atoms with Gasteiger partial charge in [0, 0.05) is 0 Å². The van der Waals surface area contributed by atoms with E-state index in [2.05, 4.69) is 79.9 Å². The lowest BCUT2D eigenvalue weighted by atomic mass is 9.74. The summed E-state index contributed by atoms with van der Waals surface area (Å²) in [5.41, 5.74) is 1.71. The summed E-state index contributed by atoms with van der Waals surface area (Å²) < 4.78 is 6.39. The lowest BCUT2D eigenvalue weighted by Gasteiger charge is -2.37. The van der Waals surface area contributed by atoms with Crippen LogP contribution in [0.4, 0.5) is 0 Å². The Morgan fingerprint density at radius 3 is 2.32 bits per heavy atom. The molecule has 1 aliphatic carbocycles. The molecule has 0 unspecified atom stereocenters. The van der Waals surface area contributed by atoms with E-state index in [0.29, 0.717) is 0 Å². The van der Waals surface area contributed by atoms with Crippen LogP contribution in [0.5, 0.6) is 0 Å². The Bertz CT molecular complexity index is 476. The van der Waals surface area contributed by atoms with Crippen molar-refractivity contribution in [3.8, 4) is 0 Å². The second kappa shape index (κ2) is 6.03. The Labute approximate surface area is 139 Å². The first-order valence-corrected chi connectivity index (χ1v) is 11.4. The molecule has 126 valence electrons. The highest BCUT2D eigenvalue weighted by Crippen LogP contribution is 2.47. The topological polar surface area (TPSA) is 9.23 Å². The minimum Gasteiger partial charge on any atom is -0.544 e. The zero-order chi connectivity index (χ0) is 17.4. The number of hydrogen-bond donors (Lipinski definition) is 0. The van der Waals surface area contributed by atoms with Crippen LogP contribution in [0, 0.1) is 10.8 Å². The van der Waals surface area contributed by atoms with Crippen LogP contribution in [0.15, 0.2) is 36.6 Å². The smallest absolute Gasteiger partial charge is 0.250 e. The Hall–Kier alpha value is -0.763. The second-order valence-electron chi connectivity index (χ2n) is 9.48. The summed E-state index contributed by atoms with van der Waals surface area (Å²) in [5, 5.41) is 0.212. The summed E-state index contributed by atoms with van der Waals surface area (Å²) in [6, 6.07) is 0. The highest BCUT2D eigenvalue weighted by atomic mass is 28.4. The average molecular weight is 321 g/mol. The van der Waals surface area contributed by atoms with Gasteiger partial charge in [0.1, 0.15) is 0 Å². The van der Waals surface area contributed by atoms with Crippen LogP contribution in [0.1, 0.15) is 60.8 Å². The Morgan fingerprint density at radius 2 is 1.86 bits per heavy atom. The molecule has 1 nitrogen and oxygen atoms in total. The van der Waals surface area contributed by atoms with Crippen LogP contribution in [-0.4, -0.2) is 8.32 Å². The minimum atomic E-state index is -1.79. The number of rotatable bonds is 6. The largest absolute Gasteiger partial charge is 0.544 e. The highest BCUT2D eigenvalue weighted by molar-refractivity contribution is 6.74. The van der Waals surface area contributed by atoms with Crippen LogP contribution in [0.3, 0.4) is 0 Å². The molecule has 0 amide bonds. The van der Waals surface area contributed by atoms with Gasteiger partial charge in [-0.15, -0.1) is 6.58 Å². The maximum Gasteiger partial charge on any atom is 0.250 e. The van der Waals surface area contributed by atoms with Gasteiger partial charge in [-0.1, -0.05) is 60.3 Å². The molecule has 0 fully saturated rings. The molecule has 1 aliphatic rings. The number of allylic oxidation sites excluding steroid dienone is 3. The van der Waals surface area contributed by atoms with Gasteiger partial charge in [0.2, 0.25) is 8.32 Å². The van der Waals surface area contributed by atoms with Gasteiger partial charge in [0.25, 0.3) is 0 Å². The van der Waals surface area contributed by atoms with Crippen molar-refractivity contribution in [1.82, 2.24) is 0 Å². The molecule has 0 heterocycles. The van der Waals surface area contributed by atoms with E-state index in [1.807, 2.05) is 0 Å². The first kappa shape index (κ1) is 19.3. The molecule has 2 heteroatoms.